The van der Waals surface area contributed by atoms with Crippen molar-refractivity contribution in [3.8, 4) is 0 Å². The van der Waals surface area contributed by atoms with Crippen molar-refractivity contribution in [3.63, 3.8) is 0 Å². The van der Waals surface area contributed by atoms with E-state index in [1.807, 2.05) is 0 Å². The van der Waals surface area contributed by atoms with Crippen LogP contribution in [0.3, 0.4) is 0 Å². The molecule has 0 saturated carbocycles. The lowest BCUT2D eigenvalue weighted by Gasteiger charge is -2.42. The van der Waals surface area contributed by atoms with E-state index in [1.165, 1.54) is 89.9 Å². The van der Waals surface area contributed by atoms with Crippen LogP contribution in [0.25, 0.3) is 0 Å². The molecule has 2 rings (SSSR count). The van der Waals surface area contributed by atoms with Crippen LogP contribution in [0.4, 0.5) is 0 Å². The van der Waals surface area contributed by atoms with Crippen LogP contribution in [0, 0.1) is 0 Å². The quantitative estimate of drug-likeness (QED) is 0.0350. The van der Waals surface area contributed by atoms with Crippen LogP contribution in [0.5, 0.6) is 0 Å². The molecule has 2 aliphatic heterocycles. The van der Waals surface area contributed by atoms with Gasteiger partial charge in [0.2, 0.25) is 0 Å². The summed E-state index contributed by atoms with van der Waals surface area (Å²) in [5.41, 5.74) is 0. The Morgan fingerprint density at radius 2 is 0.879 bits per heavy atom. The van der Waals surface area contributed by atoms with Gasteiger partial charge in [0.15, 0.2) is 18.7 Å². The normalized spacial score (nSPS) is 28.0. The third-order valence-electron chi connectivity index (χ3n) is 11.1. The first-order valence-electron chi connectivity index (χ1n) is 22.6. The highest BCUT2D eigenvalue weighted by Crippen LogP contribution is 2.26. The Hall–Kier alpha value is -1.50. The van der Waals surface area contributed by atoms with Crippen molar-refractivity contribution in [1.29, 1.82) is 0 Å². The zero-order chi connectivity index (χ0) is 42.5. The highest BCUT2D eigenvalue weighted by Gasteiger charge is 2.47. The van der Waals surface area contributed by atoms with Crippen LogP contribution in [-0.4, -0.2) is 142 Å². The zero-order valence-electron chi connectivity index (χ0n) is 35.5. The largest absolute Gasteiger partial charge is 0.462 e. The Labute approximate surface area is 347 Å². The fourth-order valence-corrected chi connectivity index (χ4v) is 7.28. The van der Waals surface area contributed by atoms with Crippen molar-refractivity contribution < 1.29 is 73.8 Å². The number of carbonyl (C=O) groups is 2. The molecule has 0 radical (unpaired) electrons. The van der Waals surface area contributed by atoms with E-state index in [2.05, 4.69) is 13.8 Å². The lowest BCUT2D eigenvalue weighted by molar-refractivity contribution is -0.332. The van der Waals surface area contributed by atoms with Gasteiger partial charge in [-0.2, -0.15) is 0 Å². The summed E-state index contributed by atoms with van der Waals surface area (Å²) in [5, 5.41) is 71.7. The number of unbranched alkanes of at least 4 members (excludes halogenated alkanes) is 20. The molecule has 2 saturated heterocycles. The maximum atomic E-state index is 12.9. The molecule has 7 N–H and O–H groups in total. The van der Waals surface area contributed by atoms with Gasteiger partial charge >= 0.3 is 11.9 Å². The Kier molecular flexibility index (Phi) is 29.3. The smallest absolute Gasteiger partial charge is 0.306 e. The molecule has 0 spiro atoms. The number of aliphatic hydroxyl groups is 7. The molecule has 15 nitrogen and oxygen atoms in total. The predicted molar refractivity (Wildman–Crippen MR) is 215 cm³/mol. The average Bonchev–Trinajstić information content (AvgIpc) is 3.21. The van der Waals surface area contributed by atoms with Gasteiger partial charge in [0, 0.05) is 12.8 Å². The molecule has 11 unspecified atom stereocenters. The summed E-state index contributed by atoms with van der Waals surface area (Å²) in [4.78, 5) is 25.5. The highest BCUT2D eigenvalue weighted by molar-refractivity contribution is 5.70. The SMILES string of the molecule is CCCCCCCCCCCCCCCC(=O)OC(COC(=O)CCCCCCCCCCC)COC1OC(COC2OC(CO)C(O)C(O)C2O)C(O)C(O)C1O. The van der Waals surface area contributed by atoms with Gasteiger partial charge in [-0.05, 0) is 12.8 Å². The van der Waals surface area contributed by atoms with Gasteiger partial charge in [0.1, 0.15) is 55.4 Å². The van der Waals surface area contributed by atoms with Gasteiger partial charge in [-0.25, -0.2) is 0 Å². The summed E-state index contributed by atoms with van der Waals surface area (Å²) in [6.07, 6.45) is 8.71. The van der Waals surface area contributed by atoms with Crippen LogP contribution in [0.2, 0.25) is 0 Å². The van der Waals surface area contributed by atoms with E-state index in [0.717, 1.165) is 38.5 Å². The van der Waals surface area contributed by atoms with E-state index >= 15 is 0 Å². The monoisotopic (exact) mass is 837 g/mol. The number of carbonyl (C=O) groups excluding carboxylic acids is 2. The number of hydrogen-bond acceptors (Lipinski definition) is 15. The van der Waals surface area contributed by atoms with Gasteiger partial charge in [0.25, 0.3) is 0 Å². The molecule has 0 amide bonds. The maximum Gasteiger partial charge on any atom is 0.306 e. The van der Waals surface area contributed by atoms with E-state index in [4.69, 9.17) is 28.4 Å². The Balaban J connectivity index is 1.86. The molecule has 0 bridgehead atoms. The third kappa shape index (κ3) is 21.3. The summed E-state index contributed by atoms with van der Waals surface area (Å²) in [7, 11) is 0. The number of hydrogen-bond donors (Lipinski definition) is 7. The van der Waals surface area contributed by atoms with Crippen molar-refractivity contribution >= 4 is 11.9 Å². The molecule has 0 aromatic carbocycles. The Morgan fingerprint density at radius 3 is 1.34 bits per heavy atom. The lowest BCUT2D eigenvalue weighted by atomic mass is 9.98. The average molecular weight is 837 g/mol. The molecule has 0 aromatic heterocycles. The van der Waals surface area contributed by atoms with Gasteiger partial charge in [-0.1, -0.05) is 142 Å². The second-order valence-corrected chi connectivity index (χ2v) is 16.2. The number of esters is 2. The summed E-state index contributed by atoms with van der Waals surface area (Å²) in [6.45, 7) is 2.56. The van der Waals surface area contributed by atoms with E-state index in [9.17, 15) is 45.3 Å². The van der Waals surface area contributed by atoms with Crippen molar-refractivity contribution in [2.24, 2.45) is 0 Å². The van der Waals surface area contributed by atoms with E-state index in [-0.39, 0.29) is 26.1 Å². The molecular formula is C43H80O15. The summed E-state index contributed by atoms with van der Waals surface area (Å²) < 4.78 is 33.4. The topological polar surface area (TPSA) is 231 Å². The molecule has 2 heterocycles. The summed E-state index contributed by atoms with van der Waals surface area (Å²) in [6, 6.07) is 0. The first kappa shape index (κ1) is 52.6. The van der Waals surface area contributed by atoms with Gasteiger partial charge in [-0.3, -0.25) is 9.59 Å². The molecule has 0 aliphatic carbocycles. The van der Waals surface area contributed by atoms with Crippen molar-refractivity contribution in [2.75, 3.05) is 26.4 Å². The van der Waals surface area contributed by atoms with E-state index in [1.54, 1.807) is 0 Å². The second kappa shape index (κ2) is 32.2. The molecule has 2 aliphatic rings. The summed E-state index contributed by atoms with van der Waals surface area (Å²) >= 11 is 0. The minimum atomic E-state index is -1.76. The standard InChI is InChI=1S/C43H80O15/c1-3-5-7-9-11-13-14-15-16-18-20-22-24-26-35(46)56-31(28-53-34(45)25-23-21-19-17-12-10-8-6-4-2)29-54-42-41(52)39(50)37(48)33(58-42)30-55-43-40(51)38(49)36(47)32(27-44)57-43/h31-33,36-44,47-52H,3-30H2,1-2H3. The van der Waals surface area contributed by atoms with Crippen LogP contribution >= 0.6 is 0 Å². The van der Waals surface area contributed by atoms with Crippen molar-refractivity contribution in [2.45, 2.75) is 235 Å². The first-order valence-corrected chi connectivity index (χ1v) is 22.6. The minimum absolute atomic E-state index is 0.172. The minimum Gasteiger partial charge on any atom is -0.462 e. The number of ether oxygens (including phenoxy) is 6. The van der Waals surface area contributed by atoms with Crippen LogP contribution in [0.15, 0.2) is 0 Å². The molecule has 15 heteroatoms. The Morgan fingerprint density at radius 1 is 0.483 bits per heavy atom. The maximum absolute atomic E-state index is 12.9. The molecular weight excluding hydrogens is 756 g/mol. The molecule has 11 atom stereocenters. The van der Waals surface area contributed by atoms with Crippen molar-refractivity contribution in [3.05, 3.63) is 0 Å². The van der Waals surface area contributed by atoms with Gasteiger partial charge < -0.3 is 64.2 Å². The van der Waals surface area contributed by atoms with Gasteiger partial charge in [0.05, 0.1) is 19.8 Å². The van der Waals surface area contributed by atoms with Crippen LogP contribution < -0.4 is 0 Å². The zero-order valence-corrected chi connectivity index (χ0v) is 35.5. The fourth-order valence-electron chi connectivity index (χ4n) is 7.28. The van der Waals surface area contributed by atoms with E-state index < -0.39 is 92.7 Å². The van der Waals surface area contributed by atoms with E-state index in [0.29, 0.717) is 12.8 Å². The van der Waals surface area contributed by atoms with Crippen molar-refractivity contribution in [1.82, 2.24) is 0 Å². The summed E-state index contributed by atoms with van der Waals surface area (Å²) in [5.74, 6) is -0.920. The molecule has 342 valence electrons. The molecule has 58 heavy (non-hydrogen) atoms. The predicted octanol–water partition coefficient (Wildman–Crippen LogP) is 4.48. The third-order valence-corrected chi connectivity index (χ3v) is 11.1. The molecule has 2 fully saturated rings. The molecule has 0 aromatic rings. The Bertz CT molecular complexity index is 1030. The first-order chi connectivity index (χ1) is 28.0. The number of rotatable bonds is 34. The fraction of sp³-hybridized carbons (Fsp3) is 0.953. The lowest BCUT2D eigenvalue weighted by Crippen LogP contribution is -2.61. The van der Waals surface area contributed by atoms with Crippen LogP contribution in [-0.2, 0) is 38.0 Å². The van der Waals surface area contributed by atoms with Crippen LogP contribution in [0.1, 0.15) is 168 Å². The second-order valence-electron chi connectivity index (χ2n) is 16.2. The van der Waals surface area contributed by atoms with Gasteiger partial charge in [-0.15, -0.1) is 0 Å². The number of aliphatic hydroxyl groups excluding tert-OH is 7. The highest BCUT2D eigenvalue weighted by atomic mass is 16.7.